The lowest BCUT2D eigenvalue weighted by Crippen LogP contribution is -2.50. The van der Waals surface area contributed by atoms with Crippen LogP contribution in [-0.2, 0) is 25.2 Å². The molecule has 34 heavy (non-hydrogen) atoms. The van der Waals surface area contributed by atoms with Crippen LogP contribution in [0.2, 0.25) is 0 Å². The van der Waals surface area contributed by atoms with Gasteiger partial charge in [-0.15, -0.1) is 0 Å². The van der Waals surface area contributed by atoms with Gasteiger partial charge in [0.15, 0.2) is 0 Å². The van der Waals surface area contributed by atoms with Gasteiger partial charge >= 0.3 is 6.18 Å². The summed E-state index contributed by atoms with van der Waals surface area (Å²) in [7, 11) is 1.65. The molecule has 4 atom stereocenters. The van der Waals surface area contributed by atoms with E-state index in [4.69, 9.17) is 14.2 Å². The lowest BCUT2D eigenvalue weighted by molar-refractivity contribution is -0.137. The smallest absolute Gasteiger partial charge is 0.379 e. The van der Waals surface area contributed by atoms with Gasteiger partial charge in [0.2, 0.25) is 5.91 Å². The number of carbonyl (C=O) groups excluding carboxylic acids is 2. The summed E-state index contributed by atoms with van der Waals surface area (Å²) in [6.45, 7) is 4.54. The molecule has 2 unspecified atom stereocenters. The molecule has 2 fully saturated rings. The van der Waals surface area contributed by atoms with Gasteiger partial charge in [-0.3, -0.25) is 14.5 Å². The summed E-state index contributed by atoms with van der Waals surface area (Å²) in [5.74, 6) is -1.19. The largest absolute Gasteiger partial charge is 0.416 e. The highest BCUT2D eigenvalue weighted by molar-refractivity contribution is 5.96. The van der Waals surface area contributed by atoms with Crippen molar-refractivity contribution in [1.29, 1.82) is 0 Å². The van der Waals surface area contributed by atoms with Crippen molar-refractivity contribution in [2.24, 2.45) is 0 Å². The summed E-state index contributed by atoms with van der Waals surface area (Å²) in [6.07, 6.45) is -3.19. The molecule has 2 amide bonds. The second kappa shape index (κ2) is 12.0. The number of nitrogens with one attached hydrogen (secondary N) is 2. The third kappa shape index (κ3) is 6.91. The Kier molecular flexibility index (Phi) is 9.29. The van der Waals surface area contributed by atoms with E-state index in [1.165, 1.54) is 6.07 Å². The van der Waals surface area contributed by atoms with Crippen LogP contribution in [0.5, 0.6) is 0 Å². The Morgan fingerprint density at radius 1 is 1.24 bits per heavy atom. The first-order valence-corrected chi connectivity index (χ1v) is 11.4. The number of nitrogens with zero attached hydrogens (tertiary/aromatic N) is 1. The molecule has 2 saturated heterocycles. The van der Waals surface area contributed by atoms with E-state index in [0.717, 1.165) is 31.0 Å². The molecule has 2 aliphatic rings. The molecular formula is C23H32F3N3O5. The summed E-state index contributed by atoms with van der Waals surface area (Å²) in [5, 5.41) is 5.30. The quantitative estimate of drug-likeness (QED) is 0.553. The maximum absolute atomic E-state index is 12.9. The zero-order valence-corrected chi connectivity index (χ0v) is 19.4. The fourth-order valence-corrected chi connectivity index (χ4v) is 4.35. The molecule has 0 aromatic heterocycles. The van der Waals surface area contributed by atoms with Crippen LogP contribution in [0.4, 0.5) is 13.2 Å². The van der Waals surface area contributed by atoms with Crippen LogP contribution in [0.1, 0.15) is 35.7 Å². The number of halogens is 3. The predicted octanol–water partition coefficient (Wildman–Crippen LogP) is 1.83. The SMILES string of the molecule is CCCO[C@@H]1CN(C2CCOCC2OC)C[C@H]1NC(=O)CNC(=O)c1cccc(C(F)(F)F)c1. The summed E-state index contributed by atoms with van der Waals surface area (Å²) in [4.78, 5) is 27.1. The van der Waals surface area contributed by atoms with E-state index in [1.807, 2.05) is 6.92 Å². The van der Waals surface area contributed by atoms with Crippen LogP contribution >= 0.6 is 0 Å². The highest BCUT2D eigenvalue weighted by Gasteiger charge is 2.41. The van der Waals surface area contributed by atoms with Crippen LogP contribution in [-0.4, -0.2) is 87.6 Å². The fourth-order valence-electron chi connectivity index (χ4n) is 4.35. The predicted molar refractivity (Wildman–Crippen MR) is 117 cm³/mol. The van der Waals surface area contributed by atoms with Gasteiger partial charge in [-0.2, -0.15) is 13.2 Å². The number of ether oxygens (including phenoxy) is 3. The Hall–Kier alpha value is -2.21. The van der Waals surface area contributed by atoms with Crippen molar-refractivity contribution in [3.8, 4) is 0 Å². The first-order valence-electron chi connectivity index (χ1n) is 11.4. The van der Waals surface area contributed by atoms with Crippen molar-refractivity contribution in [3.63, 3.8) is 0 Å². The Labute approximate surface area is 197 Å². The number of hydrogen-bond acceptors (Lipinski definition) is 6. The van der Waals surface area contributed by atoms with Crippen LogP contribution < -0.4 is 10.6 Å². The number of amides is 2. The Morgan fingerprint density at radius 2 is 2.03 bits per heavy atom. The molecule has 2 aliphatic heterocycles. The number of alkyl halides is 3. The Morgan fingerprint density at radius 3 is 2.74 bits per heavy atom. The van der Waals surface area contributed by atoms with Gasteiger partial charge in [-0.05, 0) is 31.0 Å². The molecule has 3 rings (SSSR count). The van der Waals surface area contributed by atoms with E-state index in [-0.39, 0.29) is 36.4 Å². The third-order valence-electron chi connectivity index (χ3n) is 6.08. The van der Waals surface area contributed by atoms with E-state index in [0.29, 0.717) is 32.9 Å². The monoisotopic (exact) mass is 487 g/mol. The lowest BCUT2D eigenvalue weighted by Gasteiger charge is -2.36. The number of benzene rings is 1. The molecule has 0 spiro atoms. The molecule has 2 heterocycles. The first-order chi connectivity index (χ1) is 16.2. The molecule has 1 aromatic carbocycles. The third-order valence-corrected chi connectivity index (χ3v) is 6.08. The van der Waals surface area contributed by atoms with Crippen LogP contribution in [0.15, 0.2) is 24.3 Å². The Balaban J connectivity index is 1.57. The maximum Gasteiger partial charge on any atom is 0.416 e. The fraction of sp³-hybridized carbons (Fsp3) is 0.652. The van der Waals surface area contributed by atoms with E-state index >= 15 is 0 Å². The van der Waals surface area contributed by atoms with Crippen molar-refractivity contribution >= 4 is 11.8 Å². The van der Waals surface area contributed by atoms with E-state index in [1.54, 1.807) is 7.11 Å². The van der Waals surface area contributed by atoms with Gasteiger partial charge in [-0.25, -0.2) is 0 Å². The second-order valence-electron chi connectivity index (χ2n) is 8.50. The van der Waals surface area contributed by atoms with Gasteiger partial charge in [-0.1, -0.05) is 13.0 Å². The summed E-state index contributed by atoms with van der Waals surface area (Å²) >= 11 is 0. The van der Waals surface area contributed by atoms with Crippen molar-refractivity contribution in [1.82, 2.24) is 15.5 Å². The van der Waals surface area contributed by atoms with Gasteiger partial charge in [0.25, 0.3) is 5.91 Å². The average Bonchev–Trinajstić information content (AvgIpc) is 3.22. The highest BCUT2D eigenvalue weighted by atomic mass is 19.4. The summed E-state index contributed by atoms with van der Waals surface area (Å²) in [6, 6.07) is 3.93. The molecule has 190 valence electrons. The lowest BCUT2D eigenvalue weighted by atomic mass is 10.0. The average molecular weight is 488 g/mol. The van der Waals surface area contributed by atoms with Crippen molar-refractivity contribution < 1.29 is 37.0 Å². The molecule has 8 nitrogen and oxygen atoms in total. The van der Waals surface area contributed by atoms with E-state index in [9.17, 15) is 22.8 Å². The molecule has 0 aliphatic carbocycles. The van der Waals surface area contributed by atoms with Gasteiger partial charge in [0.1, 0.15) is 0 Å². The minimum absolute atomic E-state index is 0.0678. The van der Waals surface area contributed by atoms with Crippen molar-refractivity contribution in [2.75, 3.05) is 46.6 Å². The molecule has 11 heteroatoms. The zero-order valence-electron chi connectivity index (χ0n) is 19.4. The molecule has 1 aromatic rings. The van der Waals surface area contributed by atoms with Crippen molar-refractivity contribution in [2.45, 2.75) is 50.2 Å². The normalized spacial score (nSPS) is 25.8. The number of hydrogen-bond donors (Lipinski definition) is 2. The zero-order chi connectivity index (χ0) is 24.7. The number of rotatable bonds is 9. The molecule has 0 saturated carbocycles. The van der Waals surface area contributed by atoms with E-state index in [2.05, 4.69) is 15.5 Å². The first kappa shape index (κ1) is 26.4. The van der Waals surface area contributed by atoms with Gasteiger partial charge < -0.3 is 24.8 Å². The molecule has 0 radical (unpaired) electrons. The Bertz CT molecular complexity index is 838. The van der Waals surface area contributed by atoms with Gasteiger partial charge in [0, 0.05) is 45.0 Å². The standard InChI is InChI=1S/C23H32F3N3O5/c1-3-8-34-19-13-29(18-7-9-33-14-20(18)32-2)12-17(19)28-21(30)11-27-22(31)15-5-4-6-16(10-15)23(24,25)26/h4-6,10,17-20H,3,7-9,11-14H2,1-2H3,(H,27,31)(H,28,30)/t17-,18?,19-,20?/m1/s1. The molecule has 2 N–H and O–H groups in total. The minimum Gasteiger partial charge on any atom is -0.379 e. The van der Waals surface area contributed by atoms with Crippen LogP contribution in [0.3, 0.4) is 0 Å². The highest BCUT2D eigenvalue weighted by Crippen LogP contribution is 2.29. The number of methoxy groups -OCH3 is 1. The second-order valence-corrected chi connectivity index (χ2v) is 8.50. The molecular weight excluding hydrogens is 455 g/mol. The number of likely N-dealkylation sites (tertiary alicyclic amines) is 1. The maximum atomic E-state index is 12.9. The number of carbonyl (C=O) groups is 2. The van der Waals surface area contributed by atoms with E-state index < -0.39 is 23.6 Å². The minimum atomic E-state index is -4.55. The topological polar surface area (TPSA) is 89.1 Å². The van der Waals surface area contributed by atoms with Crippen LogP contribution in [0.25, 0.3) is 0 Å². The van der Waals surface area contributed by atoms with Crippen molar-refractivity contribution in [3.05, 3.63) is 35.4 Å². The van der Waals surface area contributed by atoms with Crippen LogP contribution in [0, 0.1) is 0 Å². The molecule has 0 bridgehead atoms. The summed E-state index contributed by atoms with van der Waals surface area (Å²) < 4.78 is 55.7. The van der Waals surface area contributed by atoms with Gasteiger partial charge in [0.05, 0.1) is 37.0 Å². The summed E-state index contributed by atoms with van der Waals surface area (Å²) in [5.41, 5.74) is -1.09.